The first-order valence-corrected chi connectivity index (χ1v) is 4.86. The number of rotatable bonds is 1. The maximum absolute atomic E-state index is 2.41. The third kappa shape index (κ3) is 6.19. The molecule has 0 nitrogen and oxygen atoms in total. The molecule has 0 amide bonds. The first-order chi connectivity index (χ1) is 2.56. The Hall–Kier alpha value is 2.19. The fourth-order valence-corrected chi connectivity index (χ4v) is 0. The minimum absolute atomic E-state index is 0.452. The quantitative estimate of drug-likeness (QED) is 0.450. The molecule has 0 aliphatic rings. The van der Waals surface area contributed by atoms with Gasteiger partial charge in [0.05, 0.1) is 0 Å². The molecular formula is C3H5I3. The van der Waals surface area contributed by atoms with E-state index in [9.17, 15) is 0 Å². The smallest absolute Gasteiger partial charge is 0.0626 e. The van der Waals surface area contributed by atoms with Crippen molar-refractivity contribution in [3.8, 4) is 0 Å². The lowest BCUT2D eigenvalue weighted by molar-refractivity contribution is 1.09. The van der Waals surface area contributed by atoms with Gasteiger partial charge >= 0.3 is 0 Å². The van der Waals surface area contributed by atoms with Gasteiger partial charge < -0.3 is 0 Å². The van der Waals surface area contributed by atoms with Gasteiger partial charge in [0.1, 0.15) is -0.565 Å². The van der Waals surface area contributed by atoms with E-state index in [1.54, 1.807) is 0 Å². The first kappa shape index (κ1) is 8.19. The summed E-state index contributed by atoms with van der Waals surface area (Å²) in [5.41, 5.74) is 0. The molecule has 0 aromatic heterocycles. The van der Waals surface area contributed by atoms with Gasteiger partial charge in [0.2, 0.25) is 0 Å². The van der Waals surface area contributed by atoms with E-state index in [0.29, 0.717) is -0.565 Å². The molecule has 0 radical (unpaired) electrons. The maximum atomic E-state index is 2.41. The molecule has 38 valence electrons. The summed E-state index contributed by atoms with van der Waals surface area (Å²) in [4.78, 5) is 0. The summed E-state index contributed by atoms with van der Waals surface area (Å²) in [6.45, 7) is 2.19. The van der Waals surface area contributed by atoms with Gasteiger partial charge in [-0.15, -0.1) is 0 Å². The van der Waals surface area contributed by atoms with Crippen molar-refractivity contribution in [1.29, 1.82) is 0 Å². The third-order valence-corrected chi connectivity index (χ3v) is 2.69. The van der Waals surface area contributed by atoms with Gasteiger partial charge in [0, 0.05) is 0 Å². The van der Waals surface area contributed by atoms with E-state index >= 15 is 0 Å². The van der Waals surface area contributed by atoms with Crippen molar-refractivity contribution in [2.45, 2.75) is 12.8 Å². The average Bonchev–Trinajstić information content (AvgIpc) is 1.35. The Morgan fingerprint density at radius 2 is 1.50 bits per heavy atom. The molecule has 0 fully saturated rings. The third-order valence-electron chi connectivity index (χ3n) is 0.401. The number of alkyl halides is 3. The second-order valence-electron chi connectivity index (χ2n) is 0.969. The van der Waals surface area contributed by atoms with E-state index in [1.165, 1.54) is 6.42 Å². The summed E-state index contributed by atoms with van der Waals surface area (Å²) >= 11 is 7.24. The van der Waals surface area contributed by atoms with Crippen molar-refractivity contribution in [1.82, 2.24) is 0 Å². The first-order valence-electron chi connectivity index (χ1n) is 1.63. The van der Waals surface area contributed by atoms with Crippen LogP contribution in [0.1, 0.15) is 13.3 Å². The minimum atomic E-state index is 0.452. The highest BCUT2D eigenvalue weighted by molar-refractivity contribution is 14.3. The van der Waals surface area contributed by atoms with Crippen LogP contribution in [0.15, 0.2) is 0 Å². The van der Waals surface area contributed by atoms with Crippen molar-refractivity contribution in [2.75, 3.05) is 0 Å². The van der Waals surface area contributed by atoms with Crippen LogP contribution in [0.4, 0.5) is 0 Å². The van der Waals surface area contributed by atoms with Gasteiger partial charge in [-0.3, -0.25) is 0 Å². The Kier molecular flexibility index (Phi) is 4.45. The van der Waals surface area contributed by atoms with Crippen LogP contribution in [-0.2, 0) is 0 Å². The predicted molar refractivity (Wildman–Crippen MR) is 55.1 cm³/mol. The van der Waals surface area contributed by atoms with E-state index in [4.69, 9.17) is 0 Å². The van der Waals surface area contributed by atoms with Gasteiger partial charge in [-0.1, -0.05) is 74.7 Å². The zero-order valence-corrected chi connectivity index (χ0v) is 9.81. The normalized spacial score (nSPS) is 12.0. The van der Waals surface area contributed by atoms with Crippen LogP contribution in [0.25, 0.3) is 0 Å². The van der Waals surface area contributed by atoms with Crippen molar-refractivity contribution in [3.63, 3.8) is 0 Å². The zero-order valence-electron chi connectivity index (χ0n) is 3.34. The van der Waals surface area contributed by atoms with Gasteiger partial charge in [-0.25, -0.2) is 0 Å². The molecule has 0 spiro atoms. The van der Waals surface area contributed by atoms with Crippen LogP contribution in [-0.4, -0.2) is -0.565 Å². The van der Waals surface area contributed by atoms with Gasteiger partial charge in [0.15, 0.2) is 0 Å². The Bertz CT molecular complexity index is 35.8. The van der Waals surface area contributed by atoms with Crippen molar-refractivity contribution < 1.29 is 0 Å². The van der Waals surface area contributed by atoms with Gasteiger partial charge in [-0.05, 0) is 6.42 Å². The fraction of sp³-hybridized carbons (Fsp3) is 1.00. The second kappa shape index (κ2) is 3.26. The lowest BCUT2D eigenvalue weighted by atomic mass is 10.6. The number of halogens is 3. The Morgan fingerprint density at radius 1 is 1.33 bits per heavy atom. The standard InChI is InChI=1S/C3H5I3/c1-2-3(4,5)6/h2H2,1H3. The lowest BCUT2D eigenvalue weighted by Crippen LogP contribution is -1.91. The molecule has 0 unspecified atom stereocenters. The van der Waals surface area contributed by atoms with Gasteiger partial charge in [0.25, 0.3) is 0 Å². The van der Waals surface area contributed by atoms with E-state index < -0.39 is 0 Å². The summed E-state index contributed by atoms with van der Waals surface area (Å²) in [5.74, 6) is 0. The molecule has 0 N–H and O–H groups in total. The van der Waals surface area contributed by atoms with E-state index in [0.717, 1.165) is 0 Å². The monoisotopic (exact) mass is 422 g/mol. The molecule has 0 aliphatic carbocycles. The van der Waals surface area contributed by atoms with Crippen molar-refractivity contribution >= 4 is 67.8 Å². The van der Waals surface area contributed by atoms with Gasteiger partial charge in [-0.2, -0.15) is 0 Å². The zero-order chi connectivity index (χ0) is 5.21. The van der Waals surface area contributed by atoms with Crippen molar-refractivity contribution in [2.24, 2.45) is 0 Å². The Labute approximate surface area is 79.3 Å². The molecule has 0 saturated heterocycles. The SMILES string of the molecule is CCC(I)(I)I. The predicted octanol–water partition coefficient (Wildman–Crippen LogP) is 3.36. The molecule has 0 rings (SSSR count). The Morgan fingerprint density at radius 3 is 1.50 bits per heavy atom. The maximum Gasteiger partial charge on any atom is 0.124 e. The van der Waals surface area contributed by atoms with Crippen LogP contribution in [0.3, 0.4) is 0 Å². The van der Waals surface area contributed by atoms with E-state index in [2.05, 4.69) is 74.7 Å². The molecular weight excluding hydrogens is 417 g/mol. The molecule has 0 heterocycles. The summed E-state index contributed by atoms with van der Waals surface area (Å²) in [6, 6.07) is 0. The molecule has 0 bridgehead atoms. The largest absolute Gasteiger partial charge is 0.124 e. The van der Waals surface area contributed by atoms with Crippen LogP contribution in [0.2, 0.25) is 0 Å². The molecule has 0 aromatic carbocycles. The topological polar surface area (TPSA) is 0 Å². The summed E-state index contributed by atoms with van der Waals surface area (Å²) < 4.78 is 0.452. The molecule has 0 aliphatic heterocycles. The molecule has 0 atom stereocenters. The van der Waals surface area contributed by atoms with Crippen LogP contribution >= 0.6 is 67.8 Å². The minimum Gasteiger partial charge on any atom is -0.0626 e. The highest BCUT2D eigenvalue weighted by atomic mass is 127. The van der Waals surface area contributed by atoms with Crippen LogP contribution in [0.5, 0.6) is 0 Å². The van der Waals surface area contributed by atoms with Crippen molar-refractivity contribution in [3.05, 3.63) is 0 Å². The number of hydrogen-bond acceptors (Lipinski definition) is 0. The molecule has 6 heavy (non-hydrogen) atoms. The average molecular weight is 422 g/mol. The highest BCUT2D eigenvalue weighted by Crippen LogP contribution is 2.38. The lowest BCUT2D eigenvalue weighted by Gasteiger charge is -2.04. The molecule has 3 heteroatoms. The van der Waals surface area contributed by atoms with Crippen LogP contribution in [0, 0.1) is 0 Å². The fourth-order valence-electron chi connectivity index (χ4n) is 0. The second-order valence-corrected chi connectivity index (χ2v) is 12.7. The number of hydrogen-bond donors (Lipinski definition) is 0. The van der Waals surface area contributed by atoms with E-state index in [1.807, 2.05) is 0 Å². The Balaban J connectivity index is 3.17. The van der Waals surface area contributed by atoms with Crippen LogP contribution < -0.4 is 0 Å². The summed E-state index contributed by atoms with van der Waals surface area (Å²) in [6.07, 6.45) is 1.23. The summed E-state index contributed by atoms with van der Waals surface area (Å²) in [5, 5.41) is 0. The molecule has 0 saturated carbocycles. The highest BCUT2D eigenvalue weighted by Gasteiger charge is 2.11. The van der Waals surface area contributed by atoms with E-state index in [-0.39, 0.29) is 0 Å². The molecule has 0 aromatic rings. The summed E-state index contributed by atoms with van der Waals surface area (Å²) in [7, 11) is 0.